The van der Waals surface area contributed by atoms with Crippen molar-refractivity contribution in [3.8, 4) is 0 Å². The maximum atomic E-state index is 12.8. The first-order valence-corrected chi connectivity index (χ1v) is 17.2. The molecule has 2 heterocycles. The summed E-state index contributed by atoms with van der Waals surface area (Å²) >= 11 is 0. The van der Waals surface area contributed by atoms with Gasteiger partial charge in [0.25, 0.3) is 0 Å². The van der Waals surface area contributed by atoms with E-state index in [-0.39, 0.29) is 30.6 Å². The van der Waals surface area contributed by atoms with Gasteiger partial charge in [0.15, 0.2) is 6.29 Å². The second-order valence-corrected chi connectivity index (χ2v) is 12.8. The zero-order valence-corrected chi connectivity index (χ0v) is 27.9. The highest BCUT2D eigenvalue weighted by Gasteiger charge is 2.35. The van der Waals surface area contributed by atoms with Gasteiger partial charge in [0.05, 0.1) is 36.8 Å². The zero-order valence-electron chi connectivity index (χ0n) is 27.9. The van der Waals surface area contributed by atoms with E-state index in [1.54, 1.807) is 19.2 Å². The lowest BCUT2D eigenvalue weighted by atomic mass is 9.99. The molecule has 10 nitrogen and oxygen atoms in total. The minimum Gasteiger partial charge on any atom is -0.397 e. The highest BCUT2D eigenvalue weighted by molar-refractivity contribution is 5.93. The van der Waals surface area contributed by atoms with Crippen molar-refractivity contribution >= 4 is 28.9 Å². The Morgan fingerprint density at radius 1 is 0.917 bits per heavy atom. The topological polar surface area (TPSA) is 135 Å². The Morgan fingerprint density at radius 3 is 2.40 bits per heavy atom. The van der Waals surface area contributed by atoms with E-state index in [1.807, 2.05) is 60.7 Å². The molecule has 0 bridgehead atoms. The number of likely N-dealkylation sites (tertiary alicyclic amines) is 1. The molecule has 0 aromatic heterocycles. The van der Waals surface area contributed by atoms with Crippen LogP contribution >= 0.6 is 0 Å². The van der Waals surface area contributed by atoms with Crippen LogP contribution in [0.4, 0.5) is 17.1 Å². The van der Waals surface area contributed by atoms with Crippen LogP contribution in [0.25, 0.3) is 0 Å². The van der Waals surface area contributed by atoms with Crippen molar-refractivity contribution in [3.63, 3.8) is 0 Å². The Kier molecular flexibility index (Phi) is 13.4. The SMILES string of the molecule is COC[C@@H]1CCCN1C[C@H]1C[C@@H](c2ccc(CO)cc2)O[C@@H](c2cccc(NC(=O)CCCCCCC(=O)Nc3ccccc3N)c2)O1. The van der Waals surface area contributed by atoms with Crippen LogP contribution in [-0.4, -0.2) is 60.8 Å². The molecule has 258 valence electrons. The molecule has 3 aromatic rings. The number of rotatable bonds is 16. The molecular weight excluding hydrogens is 608 g/mol. The fourth-order valence-electron chi connectivity index (χ4n) is 6.55. The number of aliphatic hydroxyl groups excluding tert-OH is 1. The lowest BCUT2D eigenvalue weighted by molar-refractivity contribution is -0.253. The molecule has 2 fully saturated rings. The predicted molar refractivity (Wildman–Crippen MR) is 187 cm³/mol. The summed E-state index contributed by atoms with van der Waals surface area (Å²) in [6.45, 7) is 2.53. The molecule has 0 spiro atoms. The lowest BCUT2D eigenvalue weighted by Gasteiger charge is -2.39. The summed E-state index contributed by atoms with van der Waals surface area (Å²) in [5.74, 6) is -0.104. The standard InChI is InChI=1S/C38H50N4O6/c1-46-26-31-12-9-21-42(31)24-32-23-35(28-19-17-27(25-43)18-20-28)48-38(47-32)29-10-8-11-30(22-29)40-36(44)15-4-2-3-5-16-37(45)41-34-14-7-6-13-33(34)39/h6-8,10-11,13-14,17-20,22,31-32,35,38,43H,2-5,9,12,15-16,21,23-26,39H2,1H3,(H,40,44)(H,41,45)/t31-,32+,35-,38-/m0/s1. The molecule has 48 heavy (non-hydrogen) atoms. The second-order valence-electron chi connectivity index (χ2n) is 12.8. The van der Waals surface area contributed by atoms with E-state index in [1.165, 1.54) is 0 Å². The maximum Gasteiger partial charge on any atom is 0.224 e. The summed E-state index contributed by atoms with van der Waals surface area (Å²) in [6.07, 6.45) is 6.21. The van der Waals surface area contributed by atoms with E-state index in [4.69, 9.17) is 19.9 Å². The summed E-state index contributed by atoms with van der Waals surface area (Å²) in [5, 5.41) is 15.4. The van der Waals surface area contributed by atoms with Gasteiger partial charge >= 0.3 is 0 Å². The van der Waals surface area contributed by atoms with Crippen LogP contribution in [-0.2, 0) is 30.4 Å². The number of nitrogens with zero attached hydrogens (tertiary/aromatic N) is 1. The Balaban J connectivity index is 1.12. The maximum absolute atomic E-state index is 12.8. The van der Waals surface area contributed by atoms with Gasteiger partial charge in [-0.25, -0.2) is 0 Å². The number of amides is 2. The summed E-state index contributed by atoms with van der Waals surface area (Å²) in [6, 6.07) is 23.2. The number of aliphatic hydroxyl groups is 1. The molecule has 2 amide bonds. The number of anilines is 3. The summed E-state index contributed by atoms with van der Waals surface area (Å²) in [7, 11) is 1.75. The van der Waals surface area contributed by atoms with Crippen LogP contribution in [0.1, 0.15) is 86.9 Å². The van der Waals surface area contributed by atoms with Crippen molar-refractivity contribution in [1.82, 2.24) is 4.90 Å². The highest BCUT2D eigenvalue weighted by Crippen LogP contribution is 2.39. The highest BCUT2D eigenvalue weighted by atomic mass is 16.7. The first-order valence-electron chi connectivity index (χ1n) is 17.2. The molecular formula is C38H50N4O6. The van der Waals surface area contributed by atoms with Crippen LogP contribution < -0.4 is 16.4 Å². The minimum absolute atomic E-state index is 0.00129. The van der Waals surface area contributed by atoms with Gasteiger partial charge in [0.2, 0.25) is 11.8 Å². The number of nitrogen functional groups attached to an aromatic ring is 1. The van der Waals surface area contributed by atoms with Crippen molar-refractivity contribution in [2.75, 3.05) is 43.2 Å². The number of methoxy groups -OCH3 is 1. The molecule has 0 aliphatic carbocycles. The molecule has 0 saturated carbocycles. The quantitative estimate of drug-likeness (QED) is 0.104. The predicted octanol–water partition coefficient (Wildman–Crippen LogP) is 6.34. The van der Waals surface area contributed by atoms with Crippen molar-refractivity contribution < 1.29 is 28.9 Å². The summed E-state index contributed by atoms with van der Waals surface area (Å²) in [4.78, 5) is 27.5. The average molecular weight is 659 g/mol. The molecule has 5 rings (SSSR count). The molecule has 2 saturated heterocycles. The van der Waals surface area contributed by atoms with Crippen molar-refractivity contribution in [1.29, 1.82) is 0 Å². The molecule has 3 aromatic carbocycles. The second kappa shape index (κ2) is 18.1. The Hall–Kier alpha value is -3.80. The van der Waals surface area contributed by atoms with Gasteiger partial charge in [-0.1, -0.05) is 61.4 Å². The number of carbonyl (C=O) groups excluding carboxylic acids is 2. The third-order valence-corrected chi connectivity index (χ3v) is 9.15. The van der Waals surface area contributed by atoms with Crippen LogP contribution in [0, 0.1) is 0 Å². The van der Waals surface area contributed by atoms with E-state index >= 15 is 0 Å². The smallest absolute Gasteiger partial charge is 0.224 e. The largest absolute Gasteiger partial charge is 0.397 e. The normalized spacial score (nSPS) is 21.2. The average Bonchev–Trinajstić information content (AvgIpc) is 3.53. The lowest BCUT2D eigenvalue weighted by Crippen LogP contribution is -2.42. The number of benzene rings is 3. The van der Waals surface area contributed by atoms with E-state index in [2.05, 4.69) is 15.5 Å². The van der Waals surface area contributed by atoms with Crippen molar-refractivity contribution in [2.24, 2.45) is 0 Å². The minimum atomic E-state index is -0.595. The van der Waals surface area contributed by atoms with Gasteiger partial charge in [0, 0.05) is 50.2 Å². The number of hydrogen-bond donors (Lipinski definition) is 4. The van der Waals surface area contributed by atoms with E-state index in [0.717, 1.165) is 68.3 Å². The molecule has 2 aliphatic heterocycles. The van der Waals surface area contributed by atoms with Gasteiger partial charge in [-0.15, -0.1) is 0 Å². The van der Waals surface area contributed by atoms with Gasteiger partial charge in [-0.3, -0.25) is 14.5 Å². The van der Waals surface area contributed by atoms with E-state index < -0.39 is 6.29 Å². The van der Waals surface area contributed by atoms with Crippen molar-refractivity contribution in [3.05, 3.63) is 89.5 Å². The molecule has 5 N–H and O–H groups in total. The number of unbranched alkanes of at least 4 members (excludes halogenated alkanes) is 3. The number of hydrogen-bond acceptors (Lipinski definition) is 8. The molecule has 4 atom stereocenters. The molecule has 0 unspecified atom stereocenters. The number of para-hydroxylation sites is 2. The van der Waals surface area contributed by atoms with E-state index in [0.29, 0.717) is 49.0 Å². The monoisotopic (exact) mass is 658 g/mol. The first kappa shape index (κ1) is 35.5. The number of ether oxygens (including phenoxy) is 3. The van der Waals surface area contributed by atoms with Crippen molar-refractivity contribution in [2.45, 2.75) is 88.9 Å². The Morgan fingerprint density at radius 2 is 1.67 bits per heavy atom. The van der Waals surface area contributed by atoms with Gasteiger partial charge < -0.3 is 35.7 Å². The molecule has 10 heteroatoms. The van der Waals surface area contributed by atoms with E-state index in [9.17, 15) is 14.7 Å². The third-order valence-electron chi connectivity index (χ3n) is 9.15. The zero-order chi connectivity index (χ0) is 33.7. The van der Waals surface area contributed by atoms with Gasteiger partial charge in [-0.05, 0) is 67.6 Å². The number of nitrogens with one attached hydrogen (secondary N) is 2. The first-order chi connectivity index (χ1) is 23.4. The third kappa shape index (κ3) is 10.3. The number of carbonyl (C=O) groups is 2. The molecule has 2 aliphatic rings. The van der Waals surface area contributed by atoms with Crippen LogP contribution in [0.3, 0.4) is 0 Å². The van der Waals surface area contributed by atoms with Gasteiger partial charge in [-0.2, -0.15) is 0 Å². The summed E-state index contributed by atoms with van der Waals surface area (Å²) in [5.41, 5.74) is 10.5. The Bertz CT molecular complexity index is 1470. The number of nitrogens with two attached hydrogens (primary N) is 1. The summed E-state index contributed by atoms with van der Waals surface area (Å²) < 4.78 is 18.6. The molecule has 0 radical (unpaired) electrons. The fourth-order valence-corrected chi connectivity index (χ4v) is 6.55. The van der Waals surface area contributed by atoms with Crippen LogP contribution in [0.2, 0.25) is 0 Å². The van der Waals surface area contributed by atoms with Crippen LogP contribution in [0.5, 0.6) is 0 Å². The Labute approximate surface area is 283 Å². The van der Waals surface area contributed by atoms with Crippen LogP contribution in [0.15, 0.2) is 72.8 Å². The fraction of sp³-hybridized carbons (Fsp3) is 0.474. The van der Waals surface area contributed by atoms with Gasteiger partial charge in [0.1, 0.15) is 0 Å².